The summed E-state index contributed by atoms with van der Waals surface area (Å²) in [6.07, 6.45) is 5.07. The van der Waals surface area contributed by atoms with Gasteiger partial charge in [-0.2, -0.15) is 0 Å². The minimum Gasteiger partial charge on any atom is -0.496 e. The Morgan fingerprint density at radius 2 is 1.66 bits per heavy atom. The van der Waals surface area contributed by atoms with Crippen LogP contribution < -0.4 is 14.2 Å². The Bertz CT molecular complexity index is 952. The maximum absolute atomic E-state index is 12.7. The Morgan fingerprint density at radius 1 is 0.969 bits per heavy atom. The second kappa shape index (κ2) is 11.4. The molecule has 0 aromatic heterocycles. The van der Waals surface area contributed by atoms with E-state index in [2.05, 4.69) is 6.92 Å². The van der Waals surface area contributed by atoms with Gasteiger partial charge in [0, 0.05) is 5.56 Å². The number of allylic oxidation sites excluding steroid dienone is 1. The molecule has 0 saturated heterocycles. The van der Waals surface area contributed by atoms with E-state index in [1.807, 2.05) is 12.1 Å². The predicted octanol–water partition coefficient (Wildman–Crippen LogP) is 5.48. The van der Waals surface area contributed by atoms with E-state index in [1.54, 1.807) is 65.3 Å². The zero-order valence-electron chi connectivity index (χ0n) is 19.7. The van der Waals surface area contributed by atoms with Crippen molar-refractivity contribution in [3.05, 3.63) is 59.2 Å². The molecule has 0 N–H and O–H groups in total. The Morgan fingerprint density at radius 3 is 2.22 bits per heavy atom. The van der Waals surface area contributed by atoms with Gasteiger partial charge in [-0.15, -0.1) is 0 Å². The normalized spacial score (nSPS) is 11.3. The van der Waals surface area contributed by atoms with Gasteiger partial charge >= 0.3 is 5.97 Å². The molecular formula is C26H32O6. The number of carbonyl (C=O) groups is 2. The van der Waals surface area contributed by atoms with Gasteiger partial charge in [0.05, 0.1) is 25.2 Å². The SMILES string of the molecule is CCCc1ccc(OC)c(C=CC(=O)c2ccc(OCOC(=O)C(C)(C)C)cc2)c1OC. The van der Waals surface area contributed by atoms with Crippen molar-refractivity contribution in [1.82, 2.24) is 0 Å². The van der Waals surface area contributed by atoms with Crippen LogP contribution in [0.25, 0.3) is 6.08 Å². The topological polar surface area (TPSA) is 71.1 Å². The highest BCUT2D eigenvalue weighted by Crippen LogP contribution is 2.34. The van der Waals surface area contributed by atoms with Crippen LogP contribution in [0.15, 0.2) is 42.5 Å². The van der Waals surface area contributed by atoms with Crippen molar-refractivity contribution in [2.75, 3.05) is 21.0 Å². The van der Waals surface area contributed by atoms with Crippen LogP contribution in [-0.4, -0.2) is 32.8 Å². The zero-order valence-corrected chi connectivity index (χ0v) is 19.7. The van der Waals surface area contributed by atoms with Crippen molar-refractivity contribution in [3.8, 4) is 17.2 Å². The first-order chi connectivity index (χ1) is 15.2. The molecule has 0 heterocycles. The Kier molecular flexibility index (Phi) is 8.88. The van der Waals surface area contributed by atoms with Gasteiger partial charge < -0.3 is 18.9 Å². The third kappa shape index (κ3) is 6.61. The molecule has 0 atom stereocenters. The highest BCUT2D eigenvalue weighted by Gasteiger charge is 2.23. The molecule has 0 aliphatic rings. The summed E-state index contributed by atoms with van der Waals surface area (Å²) >= 11 is 0. The summed E-state index contributed by atoms with van der Waals surface area (Å²) in [6, 6.07) is 10.5. The molecule has 2 rings (SSSR count). The average molecular weight is 441 g/mol. The van der Waals surface area contributed by atoms with Gasteiger partial charge in [0.25, 0.3) is 0 Å². The lowest BCUT2D eigenvalue weighted by Gasteiger charge is -2.16. The molecule has 0 fully saturated rings. The molecule has 0 saturated carbocycles. The number of hydrogen-bond donors (Lipinski definition) is 0. The molecule has 2 aromatic rings. The van der Waals surface area contributed by atoms with Crippen molar-refractivity contribution in [1.29, 1.82) is 0 Å². The van der Waals surface area contributed by atoms with Crippen molar-refractivity contribution in [2.45, 2.75) is 40.5 Å². The molecule has 0 aliphatic heterocycles. The van der Waals surface area contributed by atoms with E-state index in [1.165, 1.54) is 6.08 Å². The molecule has 0 aliphatic carbocycles. The first-order valence-corrected chi connectivity index (χ1v) is 10.6. The van der Waals surface area contributed by atoms with Crippen LogP contribution in [-0.2, 0) is 16.0 Å². The highest BCUT2D eigenvalue weighted by atomic mass is 16.7. The Hall–Kier alpha value is -3.28. The second-order valence-corrected chi connectivity index (χ2v) is 8.29. The molecule has 2 aromatic carbocycles. The Balaban J connectivity index is 2.10. The number of hydrogen-bond acceptors (Lipinski definition) is 6. The van der Waals surface area contributed by atoms with Crippen LogP contribution in [0.5, 0.6) is 17.2 Å². The van der Waals surface area contributed by atoms with E-state index < -0.39 is 5.41 Å². The van der Waals surface area contributed by atoms with Crippen LogP contribution in [0.1, 0.15) is 55.6 Å². The molecule has 6 heteroatoms. The van der Waals surface area contributed by atoms with Crippen LogP contribution in [0, 0.1) is 5.41 Å². The molecule has 0 bridgehead atoms. The molecule has 0 amide bonds. The Labute approximate surface area is 190 Å². The fraction of sp³-hybridized carbons (Fsp3) is 0.385. The van der Waals surface area contributed by atoms with Crippen LogP contribution in [0.4, 0.5) is 0 Å². The molecule has 172 valence electrons. The minimum atomic E-state index is -0.590. The van der Waals surface area contributed by atoms with Crippen molar-refractivity contribution < 1.29 is 28.5 Å². The van der Waals surface area contributed by atoms with Crippen molar-refractivity contribution >= 4 is 17.8 Å². The predicted molar refractivity (Wildman–Crippen MR) is 124 cm³/mol. The first-order valence-electron chi connectivity index (χ1n) is 10.6. The molecule has 32 heavy (non-hydrogen) atoms. The van der Waals surface area contributed by atoms with E-state index in [0.717, 1.165) is 24.0 Å². The summed E-state index contributed by atoms with van der Waals surface area (Å²) in [4.78, 5) is 24.4. The fourth-order valence-corrected chi connectivity index (χ4v) is 3.01. The fourth-order valence-electron chi connectivity index (χ4n) is 3.01. The summed E-state index contributed by atoms with van der Waals surface area (Å²) in [6.45, 7) is 7.24. The first kappa shape index (κ1) is 25.0. The van der Waals surface area contributed by atoms with E-state index >= 15 is 0 Å². The van der Waals surface area contributed by atoms with Gasteiger partial charge in [0.1, 0.15) is 17.2 Å². The van der Waals surface area contributed by atoms with Gasteiger partial charge in [-0.25, -0.2) is 0 Å². The van der Waals surface area contributed by atoms with E-state index in [4.69, 9.17) is 18.9 Å². The summed E-state index contributed by atoms with van der Waals surface area (Å²) in [5.74, 6) is 1.34. The number of rotatable bonds is 10. The van der Waals surface area contributed by atoms with E-state index in [9.17, 15) is 9.59 Å². The monoisotopic (exact) mass is 440 g/mol. The molecule has 0 unspecified atom stereocenters. The van der Waals surface area contributed by atoms with E-state index in [0.29, 0.717) is 22.8 Å². The minimum absolute atomic E-state index is 0.166. The number of ether oxygens (including phenoxy) is 4. The number of esters is 1. The lowest BCUT2D eigenvalue weighted by Crippen LogP contribution is -2.24. The lowest BCUT2D eigenvalue weighted by atomic mass is 9.98. The zero-order chi connectivity index (χ0) is 23.7. The smallest absolute Gasteiger partial charge is 0.314 e. The average Bonchev–Trinajstić information content (AvgIpc) is 2.77. The van der Waals surface area contributed by atoms with Crippen LogP contribution in [0.2, 0.25) is 0 Å². The van der Waals surface area contributed by atoms with Crippen LogP contribution in [0.3, 0.4) is 0 Å². The second-order valence-electron chi connectivity index (χ2n) is 8.29. The van der Waals surface area contributed by atoms with Crippen molar-refractivity contribution in [3.63, 3.8) is 0 Å². The number of methoxy groups -OCH3 is 2. The highest BCUT2D eigenvalue weighted by molar-refractivity contribution is 6.07. The van der Waals surface area contributed by atoms with Gasteiger partial charge in [-0.1, -0.05) is 19.4 Å². The lowest BCUT2D eigenvalue weighted by molar-refractivity contribution is -0.159. The molecular weight excluding hydrogens is 408 g/mol. The van der Waals surface area contributed by atoms with Gasteiger partial charge in [-0.3, -0.25) is 9.59 Å². The summed E-state index contributed by atoms with van der Waals surface area (Å²) < 4.78 is 21.6. The van der Waals surface area contributed by atoms with Gasteiger partial charge in [-0.05, 0) is 75.2 Å². The summed E-state index contributed by atoms with van der Waals surface area (Å²) in [5.41, 5.74) is 1.71. The van der Waals surface area contributed by atoms with E-state index in [-0.39, 0.29) is 18.5 Å². The quantitative estimate of drug-likeness (QED) is 0.211. The van der Waals surface area contributed by atoms with Crippen LogP contribution >= 0.6 is 0 Å². The third-order valence-electron chi connectivity index (χ3n) is 4.75. The molecule has 0 spiro atoms. The van der Waals surface area contributed by atoms with Gasteiger partial charge in [0.2, 0.25) is 6.79 Å². The summed E-state index contributed by atoms with van der Waals surface area (Å²) in [5, 5.41) is 0. The van der Waals surface area contributed by atoms with Gasteiger partial charge in [0.15, 0.2) is 5.78 Å². The molecule has 0 radical (unpaired) electrons. The standard InChI is InChI=1S/C26H32O6/c1-7-8-19-11-16-23(29-5)21(24(19)30-6)14-15-22(27)18-9-12-20(13-10-18)31-17-32-25(28)26(2,3)4/h9-16H,7-8,17H2,1-6H3. The number of ketones is 1. The number of benzene rings is 2. The number of aryl methyl sites for hydroxylation is 1. The molecule has 6 nitrogen and oxygen atoms in total. The number of carbonyl (C=O) groups excluding carboxylic acids is 2. The maximum Gasteiger partial charge on any atom is 0.314 e. The maximum atomic E-state index is 12.7. The van der Waals surface area contributed by atoms with Crippen molar-refractivity contribution in [2.24, 2.45) is 5.41 Å². The largest absolute Gasteiger partial charge is 0.496 e. The summed E-state index contributed by atoms with van der Waals surface area (Å²) in [7, 11) is 3.20. The third-order valence-corrected chi connectivity index (χ3v) is 4.75.